The van der Waals surface area contributed by atoms with E-state index in [9.17, 15) is 4.79 Å². The van der Waals surface area contributed by atoms with E-state index in [0.717, 1.165) is 41.5 Å². The van der Waals surface area contributed by atoms with Crippen molar-refractivity contribution >= 4 is 17.2 Å². The van der Waals surface area contributed by atoms with Crippen LogP contribution in [0, 0.1) is 6.92 Å². The lowest BCUT2D eigenvalue weighted by Gasteiger charge is -2.35. The fraction of sp³-hybridized carbons (Fsp3) is 0.500. The van der Waals surface area contributed by atoms with E-state index in [1.807, 2.05) is 19.1 Å². The van der Waals surface area contributed by atoms with Crippen LogP contribution in [-0.2, 0) is 11.2 Å². The van der Waals surface area contributed by atoms with Crippen molar-refractivity contribution in [3.05, 3.63) is 45.4 Å². The number of hydrogen-bond acceptors (Lipinski definition) is 6. The molecule has 27 heavy (non-hydrogen) atoms. The molecule has 146 valence electrons. The second-order valence-corrected chi connectivity index (χ2v) is 7.61. The first-order valence-electron chi connectivity index (χ1n) is 9.32. The number of rotatable bonds is 7. The maximum atomic E-state index is 12.7. The van der Waals surface area contributed by atoms with Gasteiger partial charge >= 0.3 is 0 Å². The van der Waals surface area contributed by atoms with Crippen LogP contribution >= 0.6 is 11.3 Å². The maximum absolute atomic E-state index is 12.7. The first-order valence-corrected chi connectivity index (χ1v) is 10.1. The Bertz CT molecular complexity index is 754. The summed E-state index contributed by atoms with van der Waals surface area (Å²) in [4.78, 5) is 20.2. The number of hydrogen-bond donors (Lipinski definition) is 1. The SMILES string of the molecule is CCc1nc(C)c(C(=O)NCC(c2ccc(OC)cc2)N2CCOCC2)s1. The smallest absolute Gasteiger partial charge is 0.263 e. The molecular weight excluding hydrogens is 362 g/mol. The van der Waals surface area contributed by atoms with E-state index in [1.54, 1.807) is 7.11 Å². The zero-order valence-electron chi connectivity index (χ0n) is 16.2. The summed E-state index contributed by atoms with van der Waals surface area (Å²) in [6, 6.07) is 8.16. The summed E-state index contributed by atoms with van der Waals surface area (Å²) in [5, 5.41) is 4.12. The van der Waals surface area contributed by atoms with Crippen LogP contribution in [0.25, 0.3) is 0 Å². The summed E-state index contributed by atoms with van der Waals surface area (Å²) < 4.78 is 10.8. The van der Waals surface area contributed by atoms with Gasteiger partial charge in [0, 0.05) is 19.6 Å². The van der Waals surface area contributed by atoms with Gasteiger partial charge in [-0.25, -0.2) is 4.98 Å². The van der Waals surface area contributed by atoms with Gasteiger partial charge in [-0.15, -0.1) is 11.3 Å². The van der Waals surface area contributed by atoms with Crippen LogP contribution in [0.4, 0.5) is 0 Å². The molecule has 1 aromatic carbocycles. The molecule has 1 fully saturated rings. The Hall–Kier alpha value is -1.96. The van der Waals surface area contributed by atoms with Crippen LogP contribution in [0.15, 0.2) is 24.3 Å². The molecule has 0 bridgehead atoms. The van der Waals surface area contributed by atoms with Gasteiger partial charge in [0.05, 0.1) is 37.1 Å². The number of nitrogens with zero attached hydrogens (tertiary/aromatic N) is 2. The van der Waals surface area contributed by atoms with Crippen LogP contribution < -0.4 is 10.1 Å². The lowest BCUT2D eigenvalue weighted by molar-refractivity contribution is 0.0162. The van der Waals surface area contributed by atoms with Gasteiger partial charge < -0.3 is 14.8 Å². The Morgan fingerprint density at radius 1 is 1.33 bits per heavy atom. The number of carbonyl (C=O) groups is 1. The Labute approximate surface area is 164 Å². The zero-order chi connectivity index (χ0) is 19.2. The van der Waals surface area contributed by atoms with Crippen LogP contribution in [0.2, 0.25) is 0 Å². The van der Waals surface area contributed by atoms with Crippen LogP contribution in [-0.4, -0.2) is 55.7 Å². The third-order valence-corrected chi connectivity index (χ3v) is 6.09. The van der Waals surface area contributed by atoms with Crippen LogP contribution in [0.5, 0.6) is 5.75 Å². The molecule has 3 rings (SSSR count). The van der Waals surface area contributed by atoms with Gasteiger partial charge in [-0.3, -0.25) is 9.69 Å². The molecule has 0 saturated carbocycles. The second kappa shape index (κ2) is 9.30. The highest BCUT2D eigenvalue weighted by Gasteiger charge is 2.24. The van der Waals surface area contributed by atoms with Gasteiger partial charge in [-0.2, -0.15) is 0 Å². The molecule has 1 N–H and O–H groups in total. The van der Waals surface area contributed by atoms with E-state index >= 15 is 0 Å². The van der Waals surface area contributed by atoms with Gasteiger partial charge in [-0.05, 0) is 31.0 Å². The lowest BCUT2D eigenvalue weighted by atomic mass is 10.0. The minimum Gasteiger partial charge on any atom is -0.497 e. The van der Waals surface area contributed by atoms with Gasteiger partial charge in [0.1, 0.15) is 10.6 Å². The van der Waals surface area contributed by atoms with Crippen LogP contribution in [0.3, 0.4) is 0 Å². The second-order valence-electron chi connectivity index (χ2n) is 6.52. The van der Waals surface area contributed by atoms with Gasteiger partial charge in [0.2, 0.25) is 0 Å². The van der Waals surface area contributed by atoms with Crippen molar-refractivity contribution in [2.75, 3.05) is 40.0 Å². The highest BCUT2D eigenvalue weighted by Crippen LogP contribution is 2.24. The molecule has 1 aromatic heterocycles. The van der Waals surface area contributed by atoms with Crippen LogP contribution in [0.1, 0.15) is 38.9 Å². The van der Waals surface area contributed by atoms with Gasteiger partial charge in [0.25, 0.3) is 5.91 Å². The van der Waals surface area contributed by atoms with E-state index in [1.165, 1.54) is 11.3 Å². The van der Waals surface area contributed by atoms with E-state index in [2.05, 4.69) is 34.3 Å². The fourth-order valence-electron chi connectivity index (χ4n) is 3.26. The summed E-state index contributed by atoms with van der Waals surface area (Å²) in [6.07, 6.45) is 0.848. The molecule has 1 unspecified atom stereocenters. The molecule has 1 aliphatic heterocycles. The minimum atomic E-state index is -0.0449. The average Bonchev–Trinajstić information content (AvgIpc) is 3.10. The predicted octanol–water partition coefficient (Wildman–Crippen LogP) is 2.83. The van der Waals surface area contributed by atoms with Crippen molar-refractivity contribution in [1.82, 2.24) is 15.2 Å². The van der Waals surface area contributed by atoms with Crippen molar-refractivity contribution in [2.45, 2.75) is 26.3 Å². The number of carbonyl (C=O) groups excluding carboxylic acids is 1. The molecule has 1 atom stereocenters. The Balaban J connectivity index is 1.73. The molecule has 2 aromatic rings. The average molecular weight is 390 g/mol. The molecule has 0 spiro atoms. The number of aromatic nitrogens is 1. The van der Waals surface area contributed by atoms with Crippen molar-refractivity contribution in [2.24, 2.45) is 0 Å². The summed E-state index contributed by atoms with van der Waals surface area (Å²) in [5.74, 6) is 0.785. The molecule has 0 aliphatic carbocycles. The monoisotopic (exact) mass is 389 g/mol. The Morgan fingerprint density at radius 3 is 2.63 bits per heavy atom. The Morgan fingerprint density at radius 2 is 2.04 bits per heavy atom. The number of nitrogens with one attached hydrogen (secondary N) is 1. The van der Waals surface area contributed by atoms with Crippen molar-refractivity contribution in [3.8, 4) is 5.75 Å². The molecule has 1 amide bonds. The summed E-state index contributed by atoms with van der Waals surface area (Å²) in [6.45, 7) is 7.64. The third-order valence-electron chi connectivity index (χ3n) is 4.79. The number of thiazole rings is 1. The number of amides is 1. The van der Waals surface area contributed by atoms with E-state index < -0.39 is 0 Å². The van der Waals surface area contributed by atoms with Gasteiger partial charge in [0.15, 0.2) is 0 Å². The quantitative estimate of drug-likeness (QED) is 0.789. The highest BCUT2D eigenvalue weighted by atomic mass is 32.1. The number of ether oxygens (including phenoxy) is 2. The summed E-state index contributed by atoms with van der Waals surface area (Å²) in [5.41, 5.74) is 1.97. The standard InChI is InChI=1S/C20H27N3O3S/c1-4-18-22-14(2)19(27-18)20(24)21-13-17(23-9-11-26-12-10-23)15-5-7-16(25-3)8-6-15/h5-8,17H,4,9-13H2,1-3H3,(H,21,24). The van der Waals surface area contributed by atoms with Crippen molar-refractivity contribution in [3.63, 3.8) is 0 Å². The third kappa shape index (κ3) is 4.86. The first-order chi connectivity index (χ1) is 13.1. The van der Waals surface area contributed by atoms with E-state index in [0.29, 0.717) is 24.6 Å². The van der Waals surface area contributed by atoms with E-state index in [-0.39, 0.29) is 11.9 Å². The predicted molar refractivity (Wildman–Crippen MR) is 107 cm³/mol. The number of morpholine rings is 1. The largest absolute Gasteiger partial charge is 0.497 e. The number of benzene rings is 1. The molecule has 1 saturated heterocycles. The Kier molecular flexibility index (Phi) is 6.82. The molecular formula is C20H27N3O3S. The van der Waals surface area contributed by atoms with Crippen molar-refractivity contribution in [1.29, 1.82) is 0 Å². The van der Waals surface area contributed by atoms with Crippen molar-refractivity contribution < 1.29 is 14.3 Å². The maximum Gasteiger partial charge on any atom is 0.263 e. The lowest BCUT2D eigenvalue weighted by Crippen LogP contribution is -2.43. The highest BCUT2D eigenvalue weighted by molar-refractivity contribution is 7.13. The minimum absolute atomic E-state index is 0.0449. The van der Waals surface area contributed by atoms with Gasteiger partial charge in [-0.1, -0.05) is 19.1 Å². The zero-order valence-corrected chi connectivity index (χ0v) is 17.0. The number of methoxy groups -OCH3 is 1. The first kappa shape index (κ1) is 19.8. The fourth-order valence-corrected chi connectivity index (χ4v) is 4.18. The molecule has 6 nitrogen and oxygen atoms in total. The molecule has 0 radical (unpaired) electrons. The molecule has 7 heteroatoms. The normalized spacial score (nSPS) is 16.1. The van der Waals surface area contributed by atoms with E-state index in [4.69, 9.17) is 9.47 Å². The molecule has 1 aliphatic rings. The summed E-state index contributed by atoms with van der Waals surface area (Å²) >= 11 is 1.48. The number of aryl methyl sites for hydroxylation is 2. The summed E-state index contributed by atoms with van der Waals surface area (Å²) in [7, 11) is 1.66. The molecule has 2 heterocycles. The topological polar surface area (TPSA) is 63.7 Å².